The summed E-state index contributed by atoms with van der Waals surface area (Å²) in [6, 6.07) is 9.94. The van der Waals surface area contributed by atoms with Gasteiger partial charge in [0.25, 0.3) is 0 Å². The molecule has 16 heavy (non-hydrogen) atoms. The molecule has 0 bridgehead atoms. The molecule has 0 radical (unpaired) electrons. The second-order valence-electron chi connectivity index (χ2n) is 3.56. The van der Waals surface area contributed by atoms with E-state index < -0.39 is 0 Å². The summed E-state index contributed by atoms with van der Waals surface area (Å²) in [4.78, 5) is 0. The number of benzene rings is 1. The van der Waals surface area contributed by atoms with Crippen molar-refractivity contribution in [3.8, 4) is 0 Å². The average Bonchev–Trinajstić information content (AvgIpc) is 2.74. The molecular weight excluding hydrogens is 381 g/mol. The summed E-state index contributed by atoms with van der Waals surface area (Å²) in [6.07, 6.45) is 2.40. The molecule has 0 saturated carbocycles. The van der Waals surface area contributed by atoms with Gasteiger partial charge in [0.1, 0.15) is 5.76 Å². The maximum Gasteiger partial charge on any atom is 0.105 e. The predicted molar refractivity (Wildman–Crippen MR) is 76.2 cm³/mol. The van der Waals surface area contributed by atoms with Crippen molar-refractivity contribution in [1.82, 2.24) is 0 Å². The third-order valence-electron chi connectivity index (χ3n) is 2.36. The van der Waals surface area contributed by atoms with Gasteiger partial charge in [0.05, 0.1) is 6.26 Å². The van der Waals surface area contributed by atoms with Crippen LogP contribution in [0.1, 0.15) is 17.4 Å². The lowest BCUT2D eigenvalue weighted by Gasteiger charge is -2.13. The smallest absolute Gasteiger partial charge is 0.105 e. The van der Waals surface area contributed by atoms with Crippen LogP contribution in [0.5, 0.6) is 0 Å². The van der Waals surface area contributed by atoms with Crippen LogP contribution in [0, 0.1) is 3.57 Å². The van der Waals surface area contributed by atoms with Crippen molar-refractivity contribution in [2.75, 3.05) is 0 Å². The van der Waals surface area contributed by atoms with Crippen LogP contribution in [0.15, 0.2) is 45.5 Å². The van der Waals surface area contributed by atoms with Crippen molar-refractivity contribution in [2.24, 2.45) is 5.73 Å². The van der Waals surface area contributed by atoms with E-state index in [1.165, 1.54) is 3.57 Å². The third-order valence-corrected chi connectivity index (χ3v) is 3.83. The first-order chi connectivity index (χ1) is 7.66. The van der Waals surface area contributed by atoms with Crippen LogP contribution in [-0.4, -0.2) is 0 Å². The standard InChI is InChI=1S/C12H11BrINO/c13-8-3-4-11(14)10(6-8)12(15)7-9-2-1-5-16-9/h1-6,12H,7,15H2. The van der Waals surface area contributed by atoms with Gasteiger partial charge in [-0.05, 0) is 58.5 Å². The van der Waals surface area contributed by atoms with Crippen molar-refractivity contribution < 1.29 is 4.42 Å². The molecule has 0 amide bonds. The zero-order valence-corrected chi connectivity index (χ0v) is 12.2. The van der Waals surface area contributed by atoms with E-state index in [1.54, 1.807) is 6.26 Å². The number of furan rings is 1. The zero-order chi connectivity index (χ0) is 11.5. The molecule has 1 heterocycles. The normalized spacial score (nSPS) is 12.7. The lowest BCUT2D eigenvalue weighted by atomic mass is 10.0. The summed E-state index contributed by atoms with van der Waals surface area (Å²) < 4.78 is 7.54. The Kier molecular flexibility index (Phi) is 4.05. The van der Waals surface area contributed by atoms with Crippen LogP contribution in [0.2, 0.25) is 0 Å². The monoisotopic (exact) mass is 391 g/mol. The Morgan fingerprint density at radius 3 is 2.88 bits per heavy atom. The highest BCUT2D eigenvalue weighted by Gasteiger charge is 2.12. The molecule has 2 aromatic rings. The van der Waals surface area contributed by atoms with E-state index in [9.17, 15) is 0 Å². The van der Waals surface area contributed by atoms with Gasteiger partial charge >= 0.3 is 0 Å². The van der Waals surface area contributed by atoms with Gasteiger partial charge in [-0.3, -0.25) is 0 Å². The molecule has 1 aromatic heterocycles. The fourth-order valence-electron chi connectivity index (χ4n) is 1.55. The van der Waals surface area contributed by atoms with E-state index in [1.807, 2.05) is 18.2 Å². The Bertz CT molecular complexity index is 470. The molecule has 1 aromatic carbocycles. The Labute approximate surface area is 116 Å². The highest BCUT2D eigenvalue weighted by Crippen LogP contribution is 2.25. The van der Waals surface area contributed by atoms with Gasteiger partial charge in [-0.1, -0.05) is 15.9 Å². The first-order valence-electron chi connectivity index (χ1n) is 4.89. The van der Waals surface area contributed by atoms with Crippen LogP contribution in [0.25, 0.3) is 0 Å². The molecule has 2 nitrogen and oxygen atoms in total. The van der Waals surface area contributed by atoms with Crippen molar-refractivity contribution in [1.29, 1.82) is 0 Å². The Morgan fingerprint density at radius 1 is 1.38 bits per heavy atom. The highest BCUT2D eigenvalue weighted by molar-refractivity contribution is 14.1. The number of nitrogens with two attached hydrogens (primary N) is 1. The first-order valence-corrected chi connectivity index (χ1v) is 6.77. The van der Waals surface area contributed by atoms with Gasteiger partial charge in [-0.2, -0.15) is 0 Å². The largest absolute Gasteiger partial charge is 0.469 e. The minimum absolute atomic E-state index is 0.0319. The Morgan fingerprint density at radius 2 is 2.19 bits per heavy atom. The average molecular weight is 392 g/mol. The van der Waals surface area contributed by atoms with E-state index in [0.29, 0.717) is 0 Å². The maximum absolute atomic E-state index is 6.17. The van der Waals surface area contributed by atoms with Crippen LogP contribution in [-0.2, 0) is 6.42 Å². The van der Waals surface area contributed by atoms with Crippen molar-refractivity contribution in [3.63, 3.8) is 0 Å². The summed E-state index contributed by atoms with van der Waals surface area (Å²) in [5.41, 5.74) is 7.32. The van der Waals surface area contributed by atoms with Crippen molar-refractivity contribution in [2.45, 2.75) is 12.5 Å². The number of rotatable bonds is 3. The Hall–Kier alpha value is -0.330. The highest BCUT2D eigenvalue weighted by atomic mass is 127. The number of halogens is 2. The summed E-state index contributed by atoms with van der Waals surface area (Å²) >= 11 is 5.76. The van der Waals surface area contributed by atoms with E-state index >= 15 is 0 Å². The number of hydrogen-bond acceptors (Lipinski definition) is 2. The van der Waals surface area contributed by atoms with E-state index in [0.717, 1.165) is 22.2 Å². The number of hydrogen-bond donors (Lipinski definition) is 1. The molecule has 0 aliphatic heterocycles. The molecule has 2 rings (SSSR count). The summed E-state index contributed by atoms with van der Waals surface area (Å²) in [7, 11) is 0. The summed E-state index contributed by atoms with van der Waals surface area (Å²) in [5.74, 6) is 0.920. The van der Waals surface area contributed by atoms with Crippen LogP contribution in [0.4, 0.5) is 0 Å². The minimum atomic E-state index is -0.0319. The molecular formula is C12H11BrINO. The molecule has 0 spiro atoms. The van der Waals surface area contributed by atoms with Crippen LogP contribution in [0.3, 0.4) is 0 Å². The van der Waals surface area contributed by atoms with Crippen molar-refractivity contribution in [3.05, 3.63) is 56.0 Å². The first kappa shape index (κ1) is 12.1. The third kappa shape index (κ3) is 2.87. The van der Waals surface area contributed by atoms with Gasteiger partial charge in [-0.15, -0.1) is 0 Å². The van der Waals surface area contributed by atoms with Gasteiger partial charge in [0, 0.05) is 20.5 Å². The predicted octanol–water partition coefficient (Wildman–Crippen LogP) is 3.89. The summed E-state index contributed by atoms with van der Waals surface area (Å²) in [6.45, 7) is 0. The lowest BCUT2D eigenvalue weighted by Crippen LogP contribution is -2.14. The molecule has 4 heteroatoms. The maximum atomic E-state index is 6.17. The fourth-order valence-corrected chi connectivity index (χ4v) is 2.67. The molecule has 1 unspecified atom stereocenters. The lowest BCUT2D eigenvalue weighted by molar-refractivity contribution is 0.488. The van der Waals surface area contributed by atoms with Crippen molar-refractivity contribution >= 4 is 38.5 Å². The SMILES string of the molecule is NC(Cc1ccco1)c1cc(Br)ccc1I. The molecule has 0 aliphatic carbocycles. The van der Waals surface area contributed by atoms with E-state index in [2.05, 4.69) is 50.7 Å². The molecule has 0 saturated heterocycles. The molecule has 84 valence electrons. The van der Waals surface area contributed by atoms with Gasteiger partial charge in [0.15, 0.2) is 0 Å². The molecule has 0 aliphatic rings. The van der Waals surface area contributed by atoms with E-state index in [-0.39, 0.29) is 6.04 Å². The van der Waals surface area contributed by atoms with E-state index in [4.69, 9.17) is 10.2 Å². The van der Waals surface area contributed by atoms with Gasteiger partial charge < -0.3 is 10.2 Å². The van der Waals surface area contributed by atoms with Gasteiger partial charge in [0.2, 0.25) is 0 Å². The topological polar surface area (TPSA) is 39.2 Å². The molecule has 1 atom stereocenters. The minimum Gasteiger partial charge on any atom is -0.469 e. The molecule has 0 fully saturated rings. The second-order valence-corrected chi connectivity index (χ2v) is 5.63. The Balaban J connectivity index is 2.20. The van der Waals surface area contributed by atoms with Crippen LogP contribution < -0.4 is 5.73 Å². The quantitative estimate of drug-likeness (QED) is 0.806. The van der Waals surface area contributed by atoms with Crippen LogP contribution >= 0.6 is 38.5 Å². The summed E-state index contributed by atoms with van der Waals surface area (Å²) in [5, 5.41) is 0. The zero-order valence-electron chi connectivity index (χ0n) is 8.49. The second kappa shape index (κ2) is 5.33. The van der Waals surface area contributed by atoms with Gasteiger partial charge in [-0.25, -0.2) is 0 Å². The molecule has 2 N–H and O–H groups in total. The fraction of sp³-hybridized carbons (Fsp3) is 0.167.